The summed E-state index contributed by atoms with van der Waals surface area (Å²) in [4.78, 5) is 27.8. The number of carbonyl (C=O) groups is 2. The van der Waals surface area contributed by atoms with E-state index in [1.807, 2.05) is 0 Å². The van der Waals surface area contributed by atoms with Crippen molar-refractivity contribution in [3.63, 3.8) is 0 Å². The number of ketones is 1. The lowest BCUT2D eigenvalue weighted by Crippen LogP contribution is -2.18. The maximum absolute atomic E-state index is 11.8. The molecule has 1 unspecified atom stereocenters. The number of carbonyl (C=O) groups excluding carboxylic acids is 2. The number of aromatic nitrogens is 1. The van der Waals surface area contributed by atoms with Gasteiger partial charge in [0.1, 0.15) is 4.88 Å². The van der Waals surface area contributed by atoms with Crippen molar-refractivity contribution in [3.8, 4) is 0 Å². The van der Waals surface area contributed by atoms with Crippen LogP contribution in [-0.2, 0) is 9.47 Å². The molecule has 1 aromatic heterocycles. The average molecular weight is 298 g/mol. The second-order valence-corrected chi connectivity index (χ2v) is 5.49. The van der Waals surface area contributed by atoms with Gasteiger partial charge in [0, 0.05) is 20.1 Å². The Hall–Kier alpha value is -1.47. The zero-order chi connectivity index (χ0) is 14.5. The van der Waals surface area contributed by atoms with Crippen LogP contribution in [0, 0.1) is 0 Å². The third-order valence-electron chi connectivity index (χ3n) is 2.92. The predicted octanol–water partition coefficient (Wildman–Crippen LogP) is 2.11. The number of rotatable bonds is 6. The van der Waals surface area contributed by atoms with Gasteiger partial charge in [0.15, 0.2) is 16.6 Å². The molecular formula is C13H18N2O4S. The molecule has 1 N–H and O–H groups in total. The molecule has 20 heavy (non-hydrogen) atoms. The maximum Gasteiger partial charge on any atom is 0.358 e. The second-order valence-electron chi connectivity index (χ2n) is 4.49. The quantitative estimate of drug-likeness (QED) is 0.640. The van der Waals surface area contributed by atoms with E-state index in [1.165, 1.54) is 18.3 Å². The first-order chi connectivity index (χ1) is 9.61. The van der Waals surface area contributed by atoms with Crippen LogP contribution in [-0.4, -0.2) is 42.6 Å². The largest absolute Gasteiger partial charge is 0.461 e. The lowest BCUT2D eigenvalue weighted by molar-refractivity contribution is 0.0517. The summed E-state index contributed by atoms with van der Waals surface area (Å²) < 4.78 is 10.4. The number of hydrogen-bond donors (Lipinski definition) is 1. The second kappa shape index (κ2) is 6.81. The molecule has 0 radical (unpaired) electrons. The van der Waals surface area contributed by atoms with Gasteiger partial charge in [-0.15, -0.1) is 0 Å². The fraction of sp³-hybridized carbons (Fsp3) is 0.615. The summed E-state index contributed by atoms with van der Waals surface area (Å²) in [5, 5.41) is 3.67. The van der Waals surface area contributed by atoms with Crippen molar-refractivity contribution in [1.29, 1.82) is 0 Å². The number of hydrogen-bond acceptors (Lipinski definition) is 7. The van der Waals surface area contributed by atoms with E-state index in [1.54, 1.807) is 6.92 Å². The molecule has 2 rings (SSSR count). The van der Waals surface area contributed by atoms with Gasteiger partial charge in [0.05, 0.1) is 12.7 Å². The van der Waals surface area contributed by atoms with Gasteiger partial charge in [-0.05, 0) is 19.8 Å². The molecule has 1 atom stereocenters. The highest BCUT2D eigenvalue weighted by molar-refractivity contribution is 7.17. The van der Waals surface area contributed by atoms with Crippen LogP contribution in [0.15, 0.2) is 0 Å². The zero-order valence-corrected chi connectivity index (χ0v) is 12.4. The molecule has 7 heteroatoms. The number of esters is 1. The first kappa shape index (κ1) is 14.9. The Morgan fingerprint density at radius 2 is 2.35 bits per heavy atom. The van der Waals surface area contributed by atoms with Crippen molar-refractivity contribution in [3.05, 3.63) is 10.6 Å². The van der Waals surface area contributed by atoms with Gasteiger partial charge in [0.25, 0.3) is 0 Å². The molecule has 0 bridgehead atoms. The van der Waals surface area contributed by atoms with Crippen LogP contribution in [0.3, 0.4) is 0 Å². The van der Waals surface area contributed by atoms with Gasteiger partial charge >= 0.3 is 5.97 Å². The molecular weight excluding hydrogens is 280 g/mol. The minimum absolute atomic E-state index is 0.0965. The number of anilines is 1. The van der Waals surface area contributed by atoms with Crippen LogP contribution in [0.25, 0.3) is 0 Å². The van der Waals surface area contributed by atoms with Crippen molar-refractivity contribution >= 4 is 28.2 Å². The van der Waals surface area contributed by atoms with E-state index in [0.29, 0.717) is 16.6 Å². The predicted molar refractivity (Wildman–Crippen MR) is 75.5 cm³/mol. The fourth-order valence-electron chi connectivity index (χ4n) is 1.98. The van der Waals surface area contributed by atoms with Gasteiger partial charge < -0.3 is 14.8 Å². The molecule has 1 aromatic rings. The van der Waals surface area contributed by atoms with E-state index in [2.05, 4.69) is 10.3 Å². The number of ether oxygens (including phenoxy) is 2. The summed E-state index contributed by atoms with van der Waals surface area (Å²) >= 11 is 1.18. The molecule has 1 aliphatic rings. The van der Waals surface area contributed by atoms with Crippen LogP contribution >= 0.6 is 11.3 Å². The van der Waals surface area contributed by atoms with Crippen molar-refractivity contribution in [2.75, 3.05) is 25.1 Å². The Labute approximate surface area is 121 Å². The first-order valence-corrected chi connectivity index (χ1v) is 7.47. The zero-order valence-electron chi connectivity index (χ0n) is 11.6. The Morgan fingerprint density at radius 1 is 1.55 bits per heavy atom. The molecule has 0 aliphatic carbocycles. The molecule has 6 nitrogen and oxygen atoms in total. The van der Waals surface area contributed by atoms with E-state index in [4.69, 9.17) is 9.47 Å². The van der Waals surface area contributed by atoms with Crippen LogP contribution in [0.4, 0.5) is 5.13 Å². The van der Waals surface area contributed by atoms with Crippen molar-refractivity contribution in [2.24, 2.45) is 0 Å². The van der Waals surface area contributed by atoms with E-state index in [9.17, 15) is 9.59 Å². The van der Waals surface area contributed by atoms with E-state index in [-0.39, 0.29) is 24.2 Å². The normalized spacial score (nSPS) is 18.0. The van der Waals surface area contributed by atoms with E-state index in [0.717, 1.165) is 19.4 Å². The summed E-state index contributed by atoms with van der Waals surface area (Å²) in [6.07, 6.45) is 2.25. The standard InChI is InChI=1S/C13H18N2O4S/c1-3-18-12(17)10-11(8(2)16)20-13(15-10)14-7-9-5-4-6-19-9/h9H,3-7H2,1-2H3,(H,14,15). The number of Topliss-reactive ketones (excluding diaryl/α,β-unsaturated/α-hetero) is 1. The minimum atomic E-state index is -0.556. The SMILES string of the molecule is CCOC(=O)c1nc(NCC2CCCO2)sc1C(C)=O. The third kappa shape index (κ3) is 3.55. The molecule has 1 fully saturated rings. The van der Waals surface area contributed by atoms with Crippen molar-refractivity contribution < 1.29 is 19.1 Å². The number of nitrogens with one attached hydrogen (secondary N) is 1. The summed E-state index contributed by atoms with van der Waals surface area (Å²) in [5.74, 6) is -0.741. The van der Waals surface area contributed by atoms with E-state index < -0.39 is 5.97 Å². The summed E-state index contributed by atoms with van der Waals surface area (Å²) in [6.45, 7) is 4.81. The highest BCUT2D eigenvalue weighted by Crippen LogP contribution is 2.25. The number of nitrogens with zero attached hydrogens (tertiary/aromatic N) is 1. The van der Waals surface area contributed by atoms with Crippen LogP contribution < -0.4 is 5.32 Å². The van der Waals surface area contributed by atoms with Crippen LogP contribution in [0.1, 0.15) is 46.8 Å². The monoisotopic (exact) mass is 298 g/mol. The van der Waals surface area contributed by atoms with Crippen molar-refractivity contribution in [1.82, 2.24) is 4.98 Å². The average Bonchev–Trinajstić information content (AvgIpc) is 3.06. The summed E-state index contributed by atoms with van der Waals surface area (Å²) in [5.41, 5.74) is 0.0965. The third-order valence-corrected chi connectivity index (χ3v) is 4.03. The van der Waals surface area contributed by atoms with Gasteiger partial charge in [-0.25, -0.2) is 9.78 Å². The topological polar surface area (TPSA) is 77.5 Å². The number of thiazole rings is 1. The first-order valence-electron chi connectivity index (χ1n) is 6.66. The van der Waals surface area contributed by atoms with Gasteiger partial charge in [0.2, 0.25) is 0 Å². The molecule has 0 aromatic carbocycles. The molecule has 0 spiro atoms. The van der Waals surface area contributed by atoms with Crippen LogP contribution in [0.2, 0.25) is 0 Å². The highest BCUT2D eigenvalue weighted by atomic mass is 32.1. The van der Waals surface area contributed by atoms with Gasteiger partial charge in [-0.3, -0.25) is 4.79 Å². The maximum atomic E-state index is 11.8. The Balaban J connectivity index is 2.07. The molecule has 110 valence electrons. The molecule has 2 heterocycles. The van der Waals surface area contributed by atoms with E-state index >= 15 is 0 Å². The fourth-order valence-corrected chi connectivity index (χ4v) is 2.83. The summed E-state index contributed by atoms with van der Waals surface area (Å²) in [6, 6.07) is 0. The smallest absolute Gasteiger partial charge is 0.358 e. The Morgan fingerprint density at radius 3 is 2.95 bits per heavy atom. The Bertz CT molecular complexity index is 495. The minimum Gasteiger partial charge on any atom is -0.461 e. The Kier molecular flexibility index (Phi) is 5.08. The van der Waals surface area contributed by atoms with Crippen molar-refractivity contribution in [2.45, 2.75) is 32.8 Å². The molecule has 0 saturated carbocycles. The lowest BCUT2D eigenvalue weighted by Gasteiger charge is -2.08. The molecule has 1 aliphatic heterocycles. The molecule has 1 saturated heterocycles. The summed E-state index contributed by atoms with van der Waals surface area (Å²) in [7, 11) is 0. The van der Waals surface area contributed by atoms with Gasteiger partial charge in [-0.2, -0.15) is 0 Å². The van der Waals surface area contributed by atoms with Crippen LogP contribution in [0.5, 0.6) is 0 Å². The molecule has 0 amide bonds. The van der Waals surface area contributed by atoms with Gasteiger partial charge in [-0.1, -0.05) is 11.3 Å². The lowest BCUT2D eigenvalue weighted by atomic mass is 10.2. The highest BCUT2D eigenvalue weighted by Gasteiger charge is 2.23.